The predicted molar refractivity (Wildman–Crippen MR) is 75.5 cm³/mol. The summed E-state index contributed by atoms with van der Waals surface area (Å²) in [5.74, 6) is 1.99. The molecule has 1 aromatic heterocycles. The van der Waals surface area contributed by atoms with Crippen molar-refractivity contribution in [2.75, 3.05) is 6.54 Å². The average Bonchev–Trinajstić information content (AvgIpc) is 2.82. The van der Waals surface area contributed by atoms with Gasteiger partial charge in [0, 0.05) is 31.4 Å². The highest BCUT2D eigenvalue weighted by molar-refractivity contribution is 4.88. The maximum atomic E-state index is 4.25. The van der Waals surface area contributed by atoms with E-state index in [4.69, 9.17) is 0 Å². The van der Waals surface area contributed by atoms with E-state index in [9.17, 15) is 0 Å². The van der Waals surface area contributed by atoms with Gasteiger partial charge in [-0.3, -0.25) is 0 Å². The summed E-state index contributed by atoms with van der Waals surface area (Å²) in [5.41, 5.74) is 0.485. The molecule has 2 N–H and O–H groups in total. The first-order chi connectivity index (χ1) is 8.55. The van der Waals surface area contributed by atoms with Crippen molar-refractivity contribution in [3.63, 3.8) is 0 Å². The monoisotopic (exact) mass is 249 g/mol. The van der Waals surface area contributed by atoms with Crippen molar-refractivity contribution in [3.8, 4) is 0 Å². The summed E-state index contributed by atoms with van der Waals surface area (Å²) in [6, 6.07) is 0.721. The van der Waals surface area contributed by atoms with Crippen LogP contribution in [0.3, 0.4) is 0 Å². The van der Waals surface area contributed by atoms with Gasteiger partial charge < -0.3 is 10.3 Å². The number of rotatable bonds is 4. The number of aromatic nitrogens is 2. The number of nitrogens with zero attached hydrogens (tertiary/aromatic N) is 1. The number of hydrogen-bond acceptors (Lipinski definition) is 2. The third-order valence-corrected chi connectivity index (χ3v) is 4.30. The van der Waals surface area contributed by atoms with Gasteiger partial charge in [-0.25, -0.2) is 4.98 Å². The Kier molecular flexibility index (Phi) is 4.44. The lowest BCUT2D eigenvalue weighted by Gasteiger charge is -2.37. The summed E-state index contributed by atoms with van der Waals surface area (Å²) in [5, 5.41) is 3.67. The van der Waals surface area contributed by atoms with E-state index >= 15 is 0 Å². The Labute approximate surface area is 111 Å². The molecule has 18 heavy (non-hydrogen) atoms. The number of nitrogens with one attached hydrogen (secondary N) is 2. The van der Waals surface area contributed by atoms with Gasteiger partial charge in [-0.05, 0) is 37.0 Å². The molecule has 3 nitrogen and oxygen atoms in total. The second-order valence-corrected chi connectivity index (χ2v) is 6.65. The van der Waals surface area contributed by atoms with Crippen LogP contribution in [-0.2, 0) is 6.42 Å². The topological polar surface area (TPSA) is 40.7 Å². The van der Waals surface area contributed by atoms with E-state index in [1.54, 1.807) is 0 Å². The average molecular weight is 249 g/mol. The van der Waals surface area contributed by atoms with E-state index in [0.717, 1.165) is 30.7 Å². The minimum absolute atomic E-state index is 0.485. The van der Waals surface area contributed by atoms with E-state index in [1.165, 1.54) is 25.7 Å². The molecular weight excluding hydrogens is 222 g/mol. The van der Waals surface area contributed by atoms with Crippen molar-refractivity contribution in [1.82, 2.24) is 15.3 Å². The molecule has 0 atom stereocenters. The Morgan fingerprint density at radius 3 is 2.56 bits per heavy atom. The van der Waals surface area contributed by atoms with Gasteiger partial charge in [0.25, 0.3) is 0 Å². The number of hydrogen-bond donors (Lipinski definition) is 2. The Bertz CT molecular complexity index is 329. The Hall–Kier alpha value is -0.830. The number of aromatic amines is 1. The van der Waals surface area contributed by atoms with Crippen LogP contribution in [-0.4, -0.2) is 22.6 Å². The molecule has 1 heterocycles. The zero-order valence-electron chi connectivity index (χ0n) is 12.0. The van der Waals surface area contributed by atoms with Crippen LogP contribution in [0.15, 0.2) is 12.4 Å². The summed E-state index contributed by atoms with van der Waals surface area (Å²) < 4.78 is 0. The molecule has 1 saturated carbocycles. The van der Waals surface area contributed by atoms with Gasteiger partial charge in [0.15, 0.2) is 0 Å². The zero-order chi connectivity index (χ0) is 13.0. The van der Waals surface area contributed by atoms with Gasteiger partial charge in [-0.1, -0.05) is 20.8 Å². The molecule has 0 unspecified atom stereocenters. The molecule has 1 aliphatic carbocycles. The Balaban J connectivity index is 1.65. The standard InChI is InChI=1S/C15H27N3/c1-15(2,3)12-4-6-13(7-5-12)16-9-8-14-17-10-11-18-14/h10-13,16H,4-9H2,1-3H3,(H,17,18). The lowest BCUT2D eigenvalue weighted by molar-refractivity contribution is 0.160. The number of H-pyrrole nitrogens is 1. The molecule has 0 spiro atoms. The molecule has 0 amide bonds. The SMILES string of the molecule is CC(C)(C)C1CCC(NCCc2ncc[nH]2)CC1. The van der Waals surface area contributed by atoms with Crippen LogP contribution >= 0.6 is 0 Å². The number of imidazole rings is 1. The van der Waals surface area contributed by atoms with Gasteiger partial charge in [0.05, 0.1) is 0 Å². The van der Waals surface area contributed by atoms with E-state index in [0.29, 0.717) is 5.41 Å². The van der Waals surface area contributed by atoms with Crippen LogP contribution < -0.4 is 5.32 Å². The van der Waals surface area contributed by atoms with Crippen molar-refractivity contribution in [2.24, 2.45) is 11.3 Å². The van der Waals surface area contributed by atoms with Crippen molar-refractivity contribution in [1.29, 1.82) is 0 Å². The normalized spacial score (nSPS) is 25.3. The lowest BCUT2D eigenvalue weighted by atomic mass is 9.71. The Morgan fingerprint density at radius 1 is 1.28 bits per heavy atom. The summed E-state index contributed by atoms with van der Waals surface area (Å²) in [4.78, 5) is 7.40. The van der Waals surface area contributed by atoms with Crippen LogP contribution in [0.1, 0.15) is 52.3 Å². The molecule has 1 aliphatic rings. The first-order valence-electron chi connectivity index (χ1n) is 7.27. The smallest absolute Gasteiger partial charge is 0.107 e. The quantitative estimate of drug-likeness (QED) is 0.860. The molecule has 102 valence electrons. The summed E-state index contributed by atoms with van der Waals surface area (Å²) in [6.07, 6.45) is 10.1. The van der Waals surface area contributed by atoms with Crippen LogP contribution in [0, 0.1) is 11.3 Å². The second-order valence-electron chi connectivity index (χ2n) is 6.65. The molecule has 0 aliphatic heterocycles. The van der Waals surface area contributed by atoms with Gasteiger partial charge in [0.2, 0.25) is 0 Å². The fourth-order valence-corrected chi connectivity index (χ4v) is 2.99. The molecule has 3 heteroatoms. The van der Waals surface area contributed by atoms with Crippen molar-refractivity contribution in [2.45, 2.75) is 58.9 Å². The summed E-state index contributed by atoms with van der Waals surface area (Å²) in [7, 11) is 0. The molecule has 2 rings (SSSR count). The van der Waals surface area contributed by atoms with Crippen LogP contribution in [0.2, 0.25) is 0 Å². The van der Waals surface area contributed by atoms with E-state index in [-0.39, 0.29) is 0 Å². The maximum absolute atomic E-state index is 4.25. The van der Waals surface area contributed by atoms with Crippen molar-refractivity contribution < 1.29 is 0 Å². The second kappa shape index (κ2) is 5.87. The zero-order valence-corrected chi connectivity index (χ0v) is 12.0. The molecule has 0 radical (unpaired) electrons. The van der Waals surface area contributed by atoms with Gasteiger partial charge in [0.1, 0.15) is 5.82 Å². The first-order valence-corrected chi connectivity index (χ1v) is 7.27. The minimum Gasteiger partial charge on any atom is -0.349 e. The van der Waals surface area contributed by atoms with E-state index in [2.05, 4.69) is 36.1 Å². The van der Waals surface area contributed by atoms with E-state index < -0.39 is 0 Å². The highest BCUT2D eigenvalue weighted by Crippen LogP contribution is 2.37. The molecule has 1 aromatic rings. The molecule has 1 fully saturated rings. The maximum Gasteiger partial charge on any atom is 0.107 e. The van der Waals surface area contributed by atoms with Gasteiger partial charge in [-0.2, -0.15) is 0 Å². The summed E-state index contributed by atoms with van der Waals surface area (Å²) in [6.45, 7) is 8.17. The summed E-state index contributed by atoms with van der Waals surface area (Å²) >= 11 is 0. The highest BCUT2D eigenvalue weighted by atomic mass is 14.9. The molecule has 0 saturated heterocycles. The third kappa shape index (κ3) is 3.84. The molecule has 0 aromatic carbocycles. The van der Waals surface area contributed by atoms with Crippen molar-refractivity contribution >= 4 is 0 Å². The largest absolute Gasteiger partial charge is 0.349 e. The molecule has 0 bridgehead atoms. The minimum atomic E-state index is 0.485. The van der Waals surface area contributed by atoms with Crippen LogP contribution in [0.25, 0.3) is 0 Å². The van der Waals surface area contributed by atoms with Crippen molar-refractivity contribution in [3.05, 3.63) is 18.2 Å². The first kappa shape index (κ1) is 13.6. The fraction of sp³-hybridized carbons (Fsp3) is 0.800. The van der Waals surface area contributed by atoms with Crippen LogP contribution in [0.5, 0.6) is 0 Å². The van der Waals surface area contributed by atoms with E-state index in [1.807, 2.05) is 12.4 Å². The predicted octanol–water partition coefficient (Wildman–Crippen LogP) is 3.15. The van der Waals surface area contributed by atoms with Crippen LogP contribution in [0.4, 0.5) is 0 Å². The molecular formula is C15H27N3. The third-order valence-electron chi connectivity index (χ3n) is 4.30. The lowest BCUT2D eigenvalue weighted by Crippen LogP contribution is -2.37. The van der Waals surface area contributed by atoms with Gasteiger partial charge in [-0.15, -0.1) is 0 Å². The highest BCUT2D eigenvalue weighted by Gasteiger charge is 2.29. The van der Waals surface area contributed by atoms with Gasteiger partial charge >= 0.3 is 0 Å². The Morgan fingerprint density at radius 2 is 2.00 bits per heavy atom. The fourth-order valence-electron chi connectivity index (χ4n) is 2.99.